The van der Waals surface area contributed by atoms with Gasteiger partial charge in [0.2, 0.25) is 5.91 Å². The fourth-order valence-electron chi connectivity index (χ4n) is 4.18. The normalized spacial score (nSPS) is 34.0. The SMILES string of the molecule is CNC1C(=O)Nc2cc(N3CC4CCC(O)C4C3)ccc21. The Morgan fingerprint density at radius 3 is 2.95 bits per heavy atom. The highest BCUT2D eigenvalue weighted by Crippen LogP contribution is 2.41. The predicted octanol–water partition coefficient (Wildman–Crippen LogP) is 1.11. The van der Waals surface area contributed by atoms with Crippen molar-refractivity contribution < 1.29 is 9.90 Å². The maximum atomic E-state index is 11.9. The molecular formula is C16H21N3O2. The number of carbonyl (C=O) groups excluding carboxylic acids is 1. The number of nitrogens with zero attached hydrogens (tertiary/aromatic N) is 1. The lowest BCUT2D eigenvalue weighted by atomic mass is 10.00. The van der Waals surface area contributed by atoms with Crippen LogP contribution in [0.25, 0.3) is 0 Å². The van der Waals surface area contributed by atoms with E-state index in [1.807, 2.05) is 6.07 Å². The zero-order chi connectivity index (χ0) is 14.6. The van der Waals surface area contributed by atoms with E-state index in [2.05, 4.69) is 27.7 Å². The van der Waals surface area contributed by atoms with E-state index in [1.165, 1.54) is 0 Å². The second-order valence-corrected chi connectivity index (χ2v) is 6.46. The summed E-state index contributed by atoms with van der Waals surface area (Å²) in [5, 5.41) is 16.0. The fourth-order valence-corrected chi connectivity index (χ4v) is 4.18. The Labute approximate surface area is 124 Å². The van der Waals surface area contributed by atoms with Crippen LogP contribution in [0.1, 0.15) is 24.4 Å². The Morgan fingerprint density at radius 2 is 2.19 bits per heavy atom. The van der Waals surface area contributed by atoms with Gasteiger partial charge in [0, 0.05) is 35.9 Å². The number of anilines is 2. The summed E-state index contributed by atoms with van der Waals surface area (Å²) in [4.78, 5) is 14.2. The van der Waals surface area contributed by atoms with Crippen molar-refractivity contribution in [3.8, 4) is 0 Å². The molecule has 21 heavy (non-hydrogen) atoms. The molecule has 0 radical (unpaired) electrons. The third kappa shape index (κ3) is 1.95. The summed E-state index contributed by atoms with van der Waals surface area (Å²) in [5.74, 6) is 1.05. The molecule has 0 bridgehead atoms. The van der Waals surface area contributed by atoms with Gasteiger partial charge in [-0.15, -0.1) is 0 Å². The highest BCUT2D eigenvalue weighted by Gasteiger charge is 2.42. The van der Waals surface area contributed by atoms with E-state index in [4.69, 9.17) is 0 Å². The molecule has 2 heterocycles. The van der Waals surface area contributed by atoms with Gasteiger partial charge in [-0.1, -0.05) is 6.07 Å². The molecule has 1 aromatic carbocycles. The Kier molecular flexibility index (Phi) is 2.94. The maximum absolute atomic E-state index is 11.9. The van der Waals surface area contributed by atoms with Crippen LogP contribution in [0.15, 0.2) is 18.2 Å². The molecular weight excluding hydrogens is 266 g/mol. The van der Waals surface area contributed by atoms with Gasteiger partial charge in [-0.25, -0.2) is 0 Å². The standard InChI is InChI=1S/C16H21N3O2/c1-17-15-11-4-3-10(6-13(11)18-16(15)21)19-7-9-2-5-14(20)12(9)8-19/h3-4,6,9,12,14-15,17,20H,2,5,7-8H2,1H3,(H,18,21). The minimum absolute atomic E-state index is 0.0124. The second-order valence-electron chi connectivity index (χ2n) is 6.46. The fraction of sp³-hybridized carbons (Fsp3) is 0.562. The monoisotopic (exact) mass is 287 g/mol. The molecule has 2 fully saturated rings. The highest BCUT2D eigenvalue weighted by atomic mass is 16.3. The minimum atomic E-state index is -0.242. The van der Waals surface area contributed by atoms with E-state index in [1.54, 1.807) is 7.05 Å². The van der Waals surface area contributed by atoms with Gasteiger partial charge < -0.3 is 20.6 Å². The van der Waals surface area contributed by atoms with E-state index >= 15 is 0 Å². The summed E-state index contributed by atoms with van der Waals surface area (Å²) in [5.41, 5.74) is 3.08. The van der Waals surface area contributed by atoms with Crippen molar-refractivity contribution >= 4 is 17.3 Å². The average Bonchev–Trinajstić information content (AvgIpc) is 3.12. The topological polar surface area (TPSA) is 64.6 Å². The summed E-state index contributed by atoms with van der Waals surface area (Å²) < 4.78 is 0. The predicted molar refractivity (Wildman–Crippen MR) is 81.3 cm³/mol. The van der Waals surface area contributed by atoms with Crippen LogP contribution in [0.3, 0.4) is 0 Å². The van der Waals surface area contributed by atoms with Crippen LogP contribution in [0.5, 0.6) is 0 Å². The van der Waals surface area contributed by atoms with E-state index in [0.717, 1.165) is 42.9 Å². The number of hydrogen-bond donors (Lipinski definition) is 3. The van der Waals surface area contributed by atoms with Crippen molar-refractivity contribution in [2.24, 2.45) is 11.8 Å². The van der Waals surface area contributed by atoms with Crippen molar-refractivity contribution in [3.63, 3.8) is 0 Å². The van der Waals surface area contributed by atoms with Crippen LogP contribution >= 0.6 is 0 Å². The van der Waals surface area contributed by atoms with E-state index < -0.39 is 0 Å². The number of carbonyl (C=O) groups is 1. The molecule has 1 saturated carbocycles. The molecule has 2 aliphatic heterocycles. The van der Waals surface area contributed by atoms with Gasteiger partial charge in [0.1, 0.15) is 6.04 Å². The maximum Gasteiger partial charge on any atom is 0.246 e. The van der Waals surface area contributed by atoms with Crippen LogP contribution in [0.4, 0.5) is 11.4 Å². The highest BCUT2D eigenvalue weighted by molar-refractivity contribution is 6.03. The van der Waals surface area contributed by atoms with Gasteiger partial charge >= 0.3 is 0 Å². The summed E-state index contributed by atoms with van der Waals surface area (Å²) in [6.45, 7) is 1.94. The molecule has 1 saturated heterocycles. The molecule has 1 aromatic rings. The smallest absolute Gasteiger partial charge is 0.246 e. The van der Waals surface area contributed by atoms with Crippen LogP contribution in [-0.4, -0.2) is 37.3 Å². The Balaban J connectivity index is 1.58. The van der Waals surface area contributed by atoms with Crippen molar-refractivity contribution in [1.82, 2.24) is 5.32 Å². The van der Waals surface area contributed by atoms with Gasteiger partial charge in [0.15, 0.2) is 0 Å². The van der Waals surface area contributed by atoms with E-state index in [0.29, 0.717) is 11.8 Å². The molecule has 1 aliphatic carbocycles. The van der Waals surface area contributed by atoms with Crippen LogP contribution in [-0.2, 0) is 4.79 Å². The molecule has 0 aromatic heterocycles. The lowest BCUT2D eigenvalue weighted by Gasteiger charge is -2.21. The van der Waals surface area contributed by atoms with Crippen LogP contribution < -0.4 is 15.5 Å². The molecule has 1 amide bonds. The van der Waals surface area contributed by atoms with Crippen LogP contribution in [0, 0.1) is 11.8 Å². The Morgan fingerprint density at radius 1 is 1.33 bits per heavy atom. The van der Waals surface area contributed by atoms with Gasteiger partial charge in [0.25, 0.3) is 0 Å². The third-order valence-corrected chi connectivity index (χ3v) is 5.34. The molecule has 4 atom stereocenters. The lowest BCUT2D eigenvalue weighted by molar-refractivity contribution is -0.117. The first-order valence-corrected chi connectivity index (χ1v) is 7.72. The third-order valence-electron chi connectivity index (χ3n) is 5.34. The molecule has 3 N–H and O–H groups in total. The van der Waals surface area contributed by atoms with E-state index in [9.17, 15) is 9.90 Å². The molecule has 3 aliphatic rings. The summed E-state index contributed by atoms with van der Waals surface area (Å²) in [6, 6.07) is 5.96. The molecule has 112 valence electrons. The summed E-state index contributed by atoms with van der Waals surface area (Å²) in [6.07, 6.45) is 1.95. The summed E-state index contributed by atoms with van der Waals surface area (Å²) >= 11 is 0. The Bertz CT molecular complexity index is 589. The van der Waals surface area contributed by atoms with Crippen molar-refractivity contribution in [2.75, 3.05) is 30.4 Å². The van der Waals surface area contributed by atoms with Gasteiger partial charge in [-0.05, 0) is 37.9 Å². The largest absolute Gasteiger partial charge is 0.393 e. The van der Waals surface area contributed by atoms with E-state index in [-0.39, 0.29) is 18.1 Å². The molecule has 4 rings (SSSR count). The number of amides is 1. The molecule has 5 nitrogen and oxygen atoms in total. The molecule has 0 spiro atoms. The number of aliphatic hydroxyl groups excluding tert-OH is 1. The van der Waals surface area contributed by atoms with Crippen LogP contribution in [0.2, 0.25) is 0 Å². The second kappa shape index (κ2) is 4.71. The van der Waals surface area contributed by atoms with Gasteiger partial charge in [0.05, 0.1) is 6.10 Å². The van der Waals surface area contributed by atoms with Crippen molar-refractivity contribution in [1.29, 1.82) is 0 Å². The first-order chi connectivity index (χ1) is 10.2. The zero-order valence-corrected chi connectivity index (χ0v) is 12.2. The van der Waals surface area contributed by atoms with Crippen molar-refractivity contribution in [2.45, 2.75) is 25.0 Å². The quantitative estimate of drug-likeness (QED) is 0.762. The molecule has 4 unspecified atom stereocenters. The Hall–Kier alpha value is -1.59. The number of hydrogen-bond acceptors (Lipinski definition) is 4. The van der Waals surface area contributed by atoms with Gasteiger partial charge in [-0.3, -0.25) is 4.79 Å². The van der Waals surface area contributed by atoms with Gasteiger partial charge in [-0.2, -0.15) is 0 Å². The summed E-state index contributed by atoms with van der Waals surface area (Å²) in [7, 11) is 1.80. The number of aliphatic hydroxyl groups is 1. The number of nitrogens with one attached hydrogen (secondary N) is 2. The minimum Gasteiger partial charge on any atom is -0.393 e. The number of benzene rings is 1. The first-order valence-electron chi connectivity index (χ1n) is 7.72. The average molecular weight is 287 g/mol. The van der Waals surface area contributed by atoms with Crippen molar-refractivity contribution in [3.05, 3.63) is 23.8 Å². The first kappa shape index (κ1) is 13.1. The zero-order valence-electron chi connectivity index (χ0n) is 12.2. The lowest BCUT2D eigenvalue weighted by Crippen LogP contribution is -2.24. The number of fused-ring (bicyclic) bond motifs is 2. The number of likely N-dealkylation sites (N-methyl/N-ethyl adjacent to an activating group) is 1. The number of rotatable bonds is 2. The molecule has 5 heteroatoms.